The van der Waals surface area contributed by atoms with Crippen LogP contribution in [-0.2, 0) is 11.2 Å². The Morgan fingerprint density at radius 2 is 2.11 bits per heavy atom. The fourth-order valence-electron chi connectivity index (χ4n) is 1.67. The smallest absolute Gasteiger partial charge is 0.227 e. The number of hydrogen-bond donors (Lipinski definition) is 1. The molecule has 5 nitrogen and oxygen atoms in total. The van der Waals surface area contributed by atoms with Gasteiger partial charge in [-0.25, -0.2) is 4.98 Å². The van der Waals surface area contributed by atoms with Crippen LogP contribution in [0, 0.1) is 0 Å². The Bertz CT molecular complexity index is 554. The van der Waals surface area contributed by atoms with Crippen molar-refractivity contribution >= 4 is 27.5 Å². The Labute approximate surface area is 116 Å². The van der Waals surface area contributed by atoms with Crippen molar-refractivity contribution in [3.05, 3.63) is 10.9 Å². The molecule has 0 radical (unpaired) electrons. The highest BCUT2D eigenvalue weighted by Crippen LogP contribution is 2.31. The van der Waals surface area contributed by atoms with Gasteiger partial charge in [0.2, 0.25) is 11.8 Å². The average Bonchev–Trinajstić information content (AvgIpc) is 2.77. The summed E-state index contributed by atoms with van der Waals surface area (Å²) in [6.45, 7) is 7.09. The Kier molecular flexibility index (Phi) is 4.55. The Morgan fingerprint density at radius 3 is 2.79 bits per heavy atom. The van der Waals surface area contributed by atoms with Gasteiger partial charge in [-0.05, 0) is 26.3 Å². The lowest BCUT2D eigenvalue weighted by Crippen LogP contribution is -2.12. The number of aryl methyl sites for hydroxylation is 1. The van der Waals surface area contributed by atoms with Crippen LogP contribution in [0.3, 0.4) is 0 Å². The third kappa shape index (κ3) is 3.54. The molecule has 0 atom stereocenters. The molecule has 0 aliphatic carbocycles. The van der Waals surface area contributed by atoms with Crippen LogP contribution in [0.5, 0.6) is 5.88 Å². The predicted octanol–water partition coefficient (Wildman–Crippen LogP) is 2.64. The van der Waals surface area contributed by atoms with E-state index in [1.54, 1.807) is 11.3 Å². The second kappa shape index (κ2) is 6.16. The lowest BCUT2D eigenvalue weighted by molar-refractivity contribution is 0.0546. The lowest BCUT2D eigenvalue weighted by Gasteiger charge is -2.09. The van der Waals surface area contributed by atoms with Gasteiger partial charge >= 0.3 is 0 Å². The monoisotopic (exact) mass is 281 g/mol. The average molecular weight is 281 g/mol. The molecule has 104 valence electrons. The minimum Gasteiger partial charge on any atom is -0.475 e. The second-order valence-electron chi connectivity index (χ2n) is 4.44. The van der Waals surface area contributed by atoms with Gasteiger partial charge in [0.25, 0.3) is 0 Å². The van der Waals surface area contributed by atoms with Crippen LogP contribution < -0.4 is 10.5 Å². The van der Waals surface area contributed by atoms with Crippen LogP contribution in [-0.4, -0.2) is 29.3 Å². The molecule has 0 aliphatic rings. The van der Waals surface area contributed by atoms with Crippen molar-refractivity contribution < 1.29 is 9.47 Å². The van der Waals surface area contributed by atoms with E-state index in [2.05, 4.69) is 23.0 Å². The van der Waals surface area contributed by atoms with Gasteiger partial charge in [-0.2, -0.15) is 4.98 Å². The van der Waals surface area contributed by atoms with Crippen molar-refractivity contribution in [2.75, 3.05) is 18.9 Å². The number of ether oxygens (including phenoxy) is 2. The maximum atomic E-state index is 5.70. The van der Waals surface area contributed by atoms with E-state index in [0.29, 0.717) is 19.1 Å². The third-order valence-electron chi connectivity index (χ3n) is 2.55. The van der Waals surface area contributed by atoms with Gasteiger partial charge in [0, 0.05) is 4.88 Å². The summed E-state index contributed by atoms with van der Waals surface area (Å²) in [5.41, 5.74) is 5.70. The molecule has 0 fully saturated rings. The fraction of sp³-hybridized carbons (Fsp3) is 0.538. The van der Waals surface area contributed by atoms with E-state index in [1.807, 2.05) is 13.8 Å². The summed E-state index contributed by atoms with van der Waals surface area (Å²) in [6.07, 6.45) is 1.17. The number of nitrogens with zero attached hydrogens (tertiary/aromatic N) is 2. The molecule has 2 aromatic rings. The molecular formula is C13H19N3O2S. The van der Waals surface area contributed by atoms with Crippen molar-refractivity contribution in [3.8, 4) is 5.88 Å². The van der Waals surface area contributed by atoms with Crippen LogP contribution in [0.4, 0.5) is 5.95 Å². The fourth-order valence-corrected chi connectivity index (χ4v) is 2.63. The number of hydrogen-bond acceptors (Lipinski definition) is 6. The standard InChI is InChI=1S/C13H19N3O2S/c1-4-9-7-10-11(18-6-5-17-8(2)3)15-13(14)16-12(10)19-9/h7-8H,4-6H2,1-3H3,(H2,14,15,16). The molecule has 2 heterocycles. The van der Waals surface area contributed by atoms with Gasteiger partial charge in [0.1, 0.15) is 11.4 Å². The number of nitrogen functional groups attached to an aromatic ring is 1. The molecule has 0 aliphatic heterocycles. The number of rotatable bonds is 6. The maximum absolute atomic E-state index is 5.70. The first kappa shape index (κ1) is 14.0. The summed E-state index contributed by atoms with van der Waals surface area (Å²) < 4.78 is 11.1. The highest BCUT2D eigenvalue weighted by Gasteiger charge is 2.11. The summed E-state index contributed by atoms with van der Waals surface area (Å²) in [6, 6.07) is 2.07. The molecule has 2 rings (SSSR count). The first-order valence-corrected chi connectivity index (χ1v) is 7.22. The number of thiophene rings is 1. The zero-order chi connectivity index (χ0) is 13.8. The Balaban J connectivity index is 2.14. The van der Waals surface area contributed by atoms with Gasteiger partial charge in [-0.15, -0.1) is 11.3 Å². The molecule has 0 aromatic carbocycles. The van der Waals surface area contributed by atoms with Crippen molar-refractivity contribution in [2.45, 2.75) is 33.3 Å². The minimum absolute atomic E-state index is 0.201. The Morgan fingerprint density at radius 1 is 1.32 bits per heavy atom. The largest absolute Gasteiger partial charge is 0.475 e. The predicted molar refractivity (Wildman–Crippen MR) is 77.8 cm³/mol. The highest BCUT2D eigenvalue weighted by atomic mass is 32.1. The molecule has 6 heteroatoms. The number of anilines is 1. The van der Waals surface area contributed by atoms with Crippen LogP contribution in [0.1, 0.15) is 25.6 Å². The maximum Gasteiger partial charge on any atom is 0.227 e. The molecule has 0 amide bonds. The molecule has 2 aromatic heterocycles. The molecule has 0 saturated carbocycles. The van der Waals surface area contributed by atoms with Crippen molar-refractivity contribution in [2.24, 2.45) is 0 Å². The van der Waals surface area contributed by atoms with E-state index in [4.69, 9.17) is 15.2 Å². The summed E-state index contributed by atoms with van der Waals surface area (Å²) in [4.78, 5) is 10.5. The molecule has 0 unspecified atom stereocenters. The van der Waals surface area contributed by atoms with E-state index >= 15 is 0 Å². The van der Waals surface area contributed by atoms with Crippen molar-refractivity contribution in [3.63, 3.8) is 0 Å². The summed E-state index contributed by atoms with van der Waals surface area (Å²) >= 11 is 1.63. The van der Waals surface area contributed by atoms with Crippen LogP contribution in [0.25, 0.3) is 10.2 Å². The topological polar surface area (TPSA) is 70.3 Å². The first-order chi connectivity index (χ1) is 9.10. The molecule has 19 heavy (non-hydrogen) atoms. The van der Waals surface area contributed by atoms with Crippen LogP contribution >= 0.6 is 11.3 Å². The quantitative estimate of drug-likeness (QED) is 0.824. The molecule has 0 spiro atoms. The number of fused-ring (bicyclic) bond motifs is 1. The van der Waals surface area contributed by atoms with Crippen molar-refractivity contribution in [1.29, 1.82) is 0 Å². The molecular weight excluding hydrogens is 262 g/mol. The van der Waals surface area contributed by atoms with Gasteiger partial charge in [-0.3, -0.25) is 0 Å². The van der Waals surface area contributed by atoms with E-state index in [1.165, 1.54) is 4.88 Å². The third-order valence-corrected chi connectivity index (χ3v) is 3.72. The summed E-state index contributed by atoms with van der Waals surface area (Å²) in [7, 11) is 0. The van der Waals surface area contributed by atoms with E-state index in [9.17, 15) is 0 Å². The highest BCUT2D eigenvalue weighted by molar-refractivity contribution is 7.18. The number of aromatic nitrogens is 2. The van der Waals surface area contributed by atoms with Crippen LogP contribution in [0.15, 0.2) is 6.07 Å². The normalized spacial score (nSPS) is 11.4. The lowest BCUT2D eigenvalue weighted by atomic mass is 10.3. The molecule has 2 N–H and O–H groups in total. The Hall–Kier alpha value is -1.40. The van der Waals surface area contributed by atoms with Gasteiger partial charge in [0.15, 0.2) is 0 Å². The summed E-state index contributed by atoms with van der Waals surface area (Å²) in [5.74, 6) is 0.794. The summed E-state index contributed by atoms with van der Waals surface area (Å²) in [5, 5.41) is 0.931. The second-order valence-corrected chi connectivity index (χ2v) is 5.56. The SMILES string of the molecule is CCc1cc2c(OCCOC(C)C)nc(N)nc2s1. The van der Waals surface area contributed by atoms with Gasteiger partial charge < -0.3 is 15.2 Å². The van der Waals surface area contributed by atoms with E-state index in [-0.39, 0.29) is 12.1 Å². The molecule has 0 bridgehead atoms. The van der Waals surface area contributed by atoms with E-state index < -0.39 is 0 Å². The minimum atomic E-state index is 0.201. The van der Waals surface area contributed by atoms with Crippen molar-refractivity contribution in [1.82, 2.24) is 9.97 Å². The zero-order valence-corrected chi connectivity index (χ0v) is 12.3. The van der Waals surface area contributed by atoms with Gasteiger partial charge in [-0.1, -0.05) is 6.92 Å². The zero-order valence-electron chi connectivity index (χ0n) is 11.5. The first-order valence-electron chi connectivity index (χ1n) is 6.40. The molecule has 0 saturated heterocycles. The van der Waals surface area contributed by atoms with Gasteiger partial charge in [0.05, 0.1) is 18.1 Å². The van der Waals surface area contributed by atoms with Crippen LogP contribution in [0.2, 0.25) is 0 Å². The number of nitrogens with two attached hydrogens (primary N) is 1. The van der Waals surface area contributed by atoms with E-state index in [0.717, 1.165) is 16.6 Å².